The summed E-state index contributed by atoms with van der Waals surface area (Å²) < 4.78 is 6.53. The van der Waals surface area contributed by atoms with Crippen molar-refractivity contribution in [2.24, 2.45) is 16.6 Å². The van der Waals surface area contributed by atoms with E-state index in [1.807, 2.05) is 30.3 Å². The standard InChI is InChI=1S/C36H39ClN6O7/c37-29-12-13-30(44)43(41-29)26-20-28(34(48)40-36(31(45)32(38)46)14-16-50-17-15-36)42(21-26)35(49)27(18-22-6-2-1-3-7-22)39-33(47)25-11-10-23-8-4-5-9-24(23)19-25/h4-5,8-13,19,22,26,28H,1-3,6-7,14-18,20-21H2,(H2,38,46)(H,40,48)/b39-27+/t26-,28-/m0/s1. The van der Waals surface area contributed by atoms with Crippen molar-refractivity contribution in [3.8, 4) is 0 Å². The molecular formula is C36H39ClN6O7. The first kappa shape index (κ1) is 35.1. The van der Waals surface area contributed by atoms with Crippen molar-refractivity contribution in [2.75, 3.05) is 19.8 Å². The summed E-state index contributed by atoms with van der Waals surface area (Å²) in [5.41, 5.74) is 3.60. The van der Waals surface area contributed by atoms with Gasteiger partial charge in [-0.3, -0.25) is 28.8 Å². The number of nitrogens with two attached hydrogens (primary N) is 1. The molecule has 2 saturated heterocycles. The molecule has 2 aliphatic heterocycles. The van der Waals surface area contributed by atoms with Crippen molar-refractivity contribution < 1.29 is 28.7 Å². The first-order valence-corrected chi connectivity index (χ1v) is 17.3. The number of Topliss-reactive ketones (excluding diaryl/α,β-unsaturated/α-hetero) is 1. The number of benzene rings is 2. The van der Waals surface area contributed by atoms with E-state index in [0.29, 0.717) is 5.56 Å². The summed E-state index contributed by atoms with van der Waals surface area (Å²) in [5, 5.41) is 8.74. The molecule has 0 spiro atoms. The number of hydrogen-bond acceptors (Lipinski definition) is 8. The van der Waals surface area contributed by atoms with Crippen LogP contribution in [0.25, 0.3) is 10.8 Å². The number of aliphatic imine (C=N–C) groups is 1. The second kappa shape index (κ2) is 15.0. The van der Waals surface area contributed by atoms with Crippen molar-refractivity contribution in [2.45, 2.75) is 75.4 Å². The second-order valence-corrected chi connectivity index (χ2v) is 13.7. The number of carbonyl (C=O) groups is 5. The lowest BCUT2D eigenvalue weighted by molar-refractivity contribution is -0.146. The molecular weight excluding hydrogens is 664 g/mol. The number of hydrogen-bond donors (Lipinski definition) is 2. The number of nitrogens with zero attached hydrogens (tertiary/aromatic N) is 4. The van der Waals surface area contributed by atoms with Crippen LogP contribution in [0, 0.1) is 5.92 Å². The first-order valence-electron chi connectivity index (χ1n) is 17.0. The molecule has 1 aromatic heterocycles. The molecule has 0 bridgehead atoms. The van der Waals surface area contributed by atoms with Gasteiger partial charge >= 0.3 is 0 Å². The highest BCUT2D eigenvalue weighted by Gasteiger charge is 2.48. The van der Waals surface area contributed by atoms with Gasteiger partial charge < -0.3 is 20.7 Å². The summed E-state index contributed by atoms with van der Waals surface area (Å²) in [5.74, 6) is -4.00. The van der Waals surface area contributed by atoms with Crippen LogP contribution in [0.4, 0.5) is 0 Å². The molecule has 1 aliphatic carbocycles. The minimum absolute atomic E-state index is 0.00824. The molecule has 262 valence electrons. The highest BCUT2D eigenvalue weighted by molar-refractivity contribution is 6.41. The first-order chi connectivity index (χ1) is 24.0. The lowest BCUT2D eigenvalue weighted by atomic mass is 9.84. The van der Waals surface area contributed by atoms with Crippen molar-refractivity contribution >= 4 is 57.5 Å². The summed E-state index contributed by atoms with van der Waals surface area (Å²) in [6.07, 6.45) is 4.98. The molecule has 13 nitrogen and oxygen atoms in total. The molecule has 3 N–H and O–H groups in total. The minimum Gasteiger partial charge on any atom is -0.381 e. The smallest absolute Gasteiger partial charge is 0.287 e. The molecule has 2 atom stereocenters. The maximum atomic E-state index is 14.6. The highest BCUT2D eigenvalue weighted by Crippen LogP contribution is 2.32. The fourth-order valence-electron chi connectivity index (χ4n) is 7.33. The lowest BCUT2D eigenvalue weighted by Crippen LogP contribution is -2.63. The Labute approximate surface area is 293 Å². The van der Waals surface area contributed by atoms with Crippen LogP contribution in [0.1, 0.15) is 74.2 Å². The average molecular weight is 703 g/mol. The van der Waals surface area contributed by atoms with E-state index in [1.165, 1.54) is 17.0 Å². The van der Waals surface area contributed by atoms with Gasteiger partial charge in [-0.1, -0.05) is 74.0 Å². The zero-order valence-corrected chi connectivity index (χ0v) is 28.3. The Balaban J connectivity index is 1.37. The lowest BCUT2D eigenvalue weighted by Gasteiger charge is -2.37. The molecule has 3 heterocycles. The van der Waals surface area contributed by atoms with E-state index in [0.717, 1.165) is 47.6 Å². The Kier molecular flexibility index (Phi) is 10.5. The predicted molar refractivity (Wildman–Crippen MR) is 185 cm³/mol. The predicted octanol–water partition coefficient (Wildman–Crippen LogP) is 3.16. The third-order valence-electron chi connectivity index (χ3n) is 10.0. The van der Waals surface area contributed by atoms with Gasteiger partial charge in [0.1, 0.15) is 22.4 Å². The van der Waals surface area contributed by atoms with Gasteiger partial charge in [-0.2, -0.15) is 5.10 Å². The molecule has 1 saturated carbocycles. The number of aromatic nitrogens is 2. The van der Waals surface area contributed by atoms with Crippen LogP contribution in [-0.2, 0) is 23.9 Å². The number of rotatable bonds is 9. The maximum absolute atomic E-state index is 14.6. The monoisotopic (exact) mass is 702 g/mol. The number of nitrogens with one attached hydrogen (secondary N) is 1. The third-order valence-corrected chi connectivity index (χ3v) is 10.2. The van der Waals surface area contributed by atoms with Crippen LogP contribution in [0.5, 0.6) is 0 Å². The van der Waals surface area contributed by atoms with Crippen LogP contribution < -0.4 is 16.6 Å². The molecule has 0 unspecified atom stereocenters. The fraction of sp³-hybridized carbons (Fsp3) is 0.444. The Hall–Kier alpha value is -4.75. The summed E-state index contributed by atoms with van der Waals surface area (Å²) in [4.78, 5) is 86.2. The number of primary amides is 1. The van der Waals surface area contributed by atoms with E-state index in [-0.39, 0.29) is 62.2 Å². The molecule has 2 aromatic carbocycles. The van der Waals surface area contributed by atoms with E-state index >= 15 is 0 Å². The Morgan fingerprint density at radius 1 is 0.980 bits per heavy atom. The van der Waals surface area contributed by atoms with Gasteiger partial charge in [-0.05, 0) is 41.3 Å². The molecule has 3 fully saturated rings. The number of ketones is 1. The van der Waals surface area contributed by atoms with E-state index in [1.54, 1.807) is 12.1 Å². The van der Waals surface area contributed by atoms with E-state index in [9.17, 15) is 28.8 Å². The van der Waals surface area contributed by atoms with Crippen molar-refractivity contribution in [1.82, 2.24) is 20.0 Å². The topological polar surface area (TPSA) is 183 Å². The number of fused-ring (bicyclic) bond motifs is 1. The van der Waals surface area contributed by atoms with Crippen molar-refractivity contribution in [3.05, 3.63) is 75.7 Å². The zero-order chi connectivity index (χ0) is 35.4. The van der Waals surface area contributed by atoms with Crippen LogP contribution in [-0.4, -0.2) is 81.1 Å². The van der Waals surface area contributed by atoms with E-state index < -0.39 is 52.6 Å². The number of carbonyl (C=O) groups excluding carboxylic acids is 5. The van der Waals surface area contributed by atoms with E-state index in [4.69, 9.17) is 22.1 Å². The summed E-state index contributed by atoms with van der Waals surface area (Å²) in [7, 11) is 0. The summed E-state index contributed by atoms with van der Waals surface area (Å²) >= 11 is 6.14. The Morgan fingerprint density at radius 3 is 2.42 bits per heavy atom. The minimum atomic E-state index is -1.62. The SMILES string of the molecule is NC(=O)C(=O)C1(NC(=O)[C@@H]2C[C@H](n3nc(Cl)ccc3=O)CN2C(=O)/C(CC2CCCCC2)=N/C(=O)c2ccc3ccccc3c2)CCOCC1. The van der Waals surface area contributed by atoms with Crippen molar-refractivity contribution in [3.63, 3.8) is 0 Å². The molecule has 4 amide bonds. The zero-order valence-electron chi connectivity index (χ0n) is 27.5. The fourth-order valence-corrected chi connectivity index (χ4v) is 7.48. The second-order valence-electron chi connectivity index (χ2n) is 13.3. The van der Waals surface area contributed by atoms with Gasteiger partial charge in [0.2, 0.25) is 11.7 Å². The number of amides is 4. The molecule has 0 radical (unpaired) electrons. The Morgan fingerprint density at radius 2 is 1.70 bits per heavy atom. The van der Waals surface area contributed by atoms with Crippen LogP contribution in [0.2, 0.25) is 5.15 Å². The highest BCUT2D eigenvalue weighted by atomic mass is 35.5. The molecule has 6 rings (SSSR count). The van der Waals surface area contributed by atoms with Crippen LogP contribution in [0.15, 0.2) is 64.4 Å². The number of halogens is 1. The summed E-state index contributed by atoms with van der Waals surface area (Å²) in [6, 6.07) is 13.4. The molecule has 14 heteroatoms. The quantitative estimate of drug-likeness (QED) is 0.252. The third kappa shape index (κ3) is 7.53. The normalized spacial score (nSPS) is 21.1. The maximum Gasteiger partial charge on any atom is 0.287 e. The van der Waals surface area contributed by atoms with Crippen LogP contribution >= 0.6 is 11.6 Å². The largest absolute Gasteiger partial charge is 0.381 e. The number of likely N-dealkylation sites (tertiary alicyclic amines) is 1. The average Bonchev–Trinajstić information content (AvgIpc) is 3.58. The molecule has 3 aromatic rings. The summed E-state index contributed by atoms with van der Waals surface area (Å²) in [6.45, 7) is 0.0795. The van der Waals surface area contributed by atoms with Gasteiger partial charge in [-0.15, -0.1) is 0 Å². The van der Waals surface area contributed by atoms with Crippen molar-refractivity contribution in [1.29, 1.82) is 0 Å². The van der Waals surface area contributed by atoms with E-state index in [2.05, 4.69) is 15.4 Å². The number of ether oxygens (including phenoxy) is 1. The molecule has 3 aliphatic rings. The van der Waals surface area contributed by atoms with Crippen LogP contribution in [0.3, 0.4) is 0 Å². The van der Waals surface area contributed by atoms with Gasteiger partial charge in [-0.25, -0.2) is 9.67 Å². The van der Waals surface area contributed by atoms with Gasteiger partial charge in [0.05, 0.1) is 6.04 Å². The van der Waals surface area contributed by atoms with Gasteiger partial charge in [0.25, 0.3) is 23.3 Å². The van der Waals surface area contributed by atoms with Gasteiger partial charge in [0.15, 0.2) is 0 Å². The van der Waals surface area contributed by atoms with Gasteiger partial charge in [0, 0.05) is 50.7 Å². The Bertz CT molecular complexity index is 1910. The molecule has 50 heavy (non-hydrogen) atoms.